The van der Waals surface area contributed by atoms with Gasteiger partial charge in [0, 0.05) is 6.54 Å². The Hall–Kier alpha value is -0.570. The summed E-state index contributed by atoms with van der Waals surface area (Å²) in [6, 6.07) is 0.0573. The molecule has 88 valence electrons. The molecule has 0 aromatic heterocycles. The highest BCUT2D eigenvalue weighted by Gasteiger charge is 2.25. The zero-order chi connectivity index (χ0) is 11.1. The van der Waals surface area contributed by atoms with E-state index in [1.165, 1.54) is 19.3 Å². The van der Waals surface area contributed by atoms with Gasteiger partial charge in [-0.15, -0.1) is 0 Å². The second-order valence-corrected chi connectivity index (χ2v) is 4.48. The van der Waals surface area contributed by atoms with Crippen molar-refractivity contribution >= 4 is 5.91 Å². The first-order valence-corrected chi connectivity index (χ1v) is 6.29. The SMILES string of the molecule is CCCNC(=O)C1CC(CCC)CCN1. The first-order chi connectivity index (χ1) is 7.27. The Labute approximate surface area is 93.0 Å². The minimum atomic E-state index is 0.0573. The number of hydrogen-bond acceptors (Lipinski definition) is 2. The lowest BCUT2D eigenvalue weighted by Gasteiger charge is -2.29. The predicted molar refractivity (Wildman–Crippen MR) is 62.7 cm³/mol. The molecule has 1 rings (SSSR count). The first kappa shape index (κ1) is 12.5. The Morgan fingerprint density at radius 2 is 2.20 bits per heavy atom. The normalized spacial score (nSPS) is 26.3. The Morgan fingerprint density at radius 3 is 2.87 bits per heavy atom. The quantitative estimate of drug-likeness (QED) is 0.728. The fraction of sp³-hybridized carbons (Fsp3) is 0.917. The molecular weight excluding hydrogens is 188 g/mol. The summed E-state index contributed by atoms with van der Waals surface area (Å²) in [5.41, 5.74) is 0. The van der Waals surface area contributed by atoms with E-state index in [1.807, 2.05) is 0 Å². The zero-order valence-corrected chi connectivity index (χ0v) is 10.0. The van der Waals surface area contributed by atoms with Gasteiger partial charge in [0.1, 0.15) is 0 Å². The van der Waals surface area contributed by atoms with Gasteiger partial charge in [-0.2, -0.15) is 0 Å². The van der Waals surface area contributed by atoms with Gasteiger partial charge in [-0.1, -0.05) is 26.7 Å². The van der Waals surface area contributed by atoms with E-state index in [9.17, 15) is 4.79 Å². The van der Waals surface area contributed by atoms with Crippen LogP contribution in [0.25, 0.3) is 0 Å². The van der Waals surface area contributed by atoms with Crippen molar-refractivity contribution in [3.8, 4) is 0 Å². The van der Waals surface area contributed by atoms with Crippen LogP contribution in [-0.2, 0) is 4.79 Å². The molecule has 15 heavy (non-hydrogen) atoms. The van der Waals surface area contributed by atoms with Crippen LogP contribution >= 0.6 is 0 Å². The number of rotatable bonds is 5. The van der Waals surface area contributed by atoms with Crippen molar-refractivity contribution in [1.82, 2.24) is 10.6 Å². The van der Waals surface area contributed by atoms with Crippen LogP contribution in [0.2, 0.25) is 0 Å². The molecule has 0 spiro atoms. The highest BCUT2D eigenvalue weighted by Crippen LogP contribution is 2.21. The third-order valence-corrected chi connectivity index (χ3v) is 3.08. The van der Waals surface area contributed by atoms with E-state index in [0.29, 0.717) is 0 Å². The van der Waals surface area contributed by atoms with E-state index < -0.39 is 0 Å². The van der Waals surface area contributed by atoms with Crippen LogP contribution in [0.4, 0.5) is 0 Å². The van der Waals surface area contributed by atoms with E-state index in [0.717, 1.165) is 31.8 Å². The van der Waals surface area contributed by atoms with Gasteiger partial charge in [-0.25, -0.2) is 0 Å². The van der Waals surface area contributed by atoms with Gasteiger partial charge < -0.3 is 10.6 Å². The van der Waals surface area contributed by atoms with E-state index in [-0.39, 0.29) is 11.9 Å². The number of nitrogens with one attached hydrogen (secondary N) is 2. The number of carbonyl (C=O) groups is 1. The summed E-state index contributed by atoms with van der Waals surface area (Å²) in [6.45, 7) is 6.09. The molecule has 1 heterocycles. The molecule has 1 aliphatic heterocycles. The van der Waals surface area contributed by atoms with Crippen molar-refractivity contribution in [2.24, 2.45) is 5.92 Å². The Bertz CT molecular complexity index is 192. The predicted octanol–water partition coefficient (Wildman–Crippen LogP) is 1.68. The molecule has 1 amide bonds. The van der Waals surface area contributed by atoms with E-state index in [2.05, 4.69) is 24.5 Å². The maximum Gasteiger partial charge on any atom is 0.237 e. The lowest BCUT2D eigenvalue weighted by atomic mass is 9.88. The van der Waals surface area contributed by atoms with Crippen LogP contribution < -0.4 is 10.6 Å². The maximum absolute atomic E-state index is 11.7. The number of amides is 1. The maximum atomic E-state index is 11.7. The molecule has 1 aliphatic rings. The number of hydrogen-bond donors (Lipinski definition) is 2. The molecule has 0 aromatic carbocycles. The van der Waals surface area contributed by atoms with Gasteiger partial charge in [0.05, 0.1) is 6.04 Å². The monoisotopic (exact) mass is 212 g/mol. The van der Waals surface area contributed by atoms with Crippen LogP contribution in [-0.4, -0.2) is 25.0 Å². The van der Waals surface area contributed by atoms with Gasteiger partial charge in [-0.05, 0) is 31.7 Å². The molecule has 2 N–H and O–H groups in total. The van der Waals surface area contributed by atoms with Crippen molar-refractivity contribution < 1.29 is 4.79 Å². The molecule has 0 saturated carbocycles. The molecule has 0 radical (unpaired) electrons. The van der Waals surface area contributed by atoms with E-state index in [4.69, 9.17) is 0 Å². The summed E-state index contributed by atoms with van der Waals surface area (Å²) in [5.74, 6) is 0.936. The molecule has 1 fully saturated rings. The molecule has 3 nitrogen and oxygen atoms in total. The average Bonchev–Trinajstić information content (AvgIpc) is 2.27. The Kier molecular flexibility index (Phi) is 5.69. The van der Waals surface area contributed by atoms with Crippen molar-refractivity contribution in [2.45, 2.75) is 52.0 Å². The lowest BCUT2D eigenvalue weighted by Crippen LogP contribution is -2.48. The van der Waals surface area contributed by atoms with Gasteiger partial charge in [0.2, 0.25) is 5.91 Å². The Morgan fingerprint density at radius 1 is 1.40 bits per heavy atom. The summed E-state index contributed by atoms with van der Waals surface area (Å²) < 4.78 is 0. The van der Waals surface area contributed by atoms with Crippen LogP contribution in [0.3, 0.4) is 0 Å². The highest BCUT2D eigenvalue weighted by molar-refractivity contribution is 5.81. The minimum absolute atomic E-state index is 0.0573. The van der Waals surface area contributed by atoms with Crippen LogP contribution in [0.5, 0.6) is 0 Å². The summed E-state index contributed by atoms with van der Waals surface area (Å²) >= 11 is 0. The van der Waals surface area contributed by atoms with Crippen molar-refractivity contribution in [3.63, 3.8) is 0 Å². The third-order valence-electron chi connectivity index (χ3n) is 3.08. The molecule has 2 unspecified atom stereocenters. The summed E-state index contributed by atoms with van der Waals surface area (Å²) in [6.07, 6.45) is 5.75. The lowest BCUT2D eigenvalue weighted by molar-refractivity contribution is -0.124. The second kappa shape index (κ2) is 6.83. The third kappa shape index (κ3) is 4.20. The summed E-state index contributed by atoms with van der Waals surface area (Å²) in [7, 11) is 0. The van der Waals surface area contributed by atoms with Crippen LogP contribution in [0, 0.1) is 5.92 Å². The van der Waals surface area contributed by atoms with Crippen molar-refractivity contribution in [3.05, 3.63) is 0 Å². The first-order valence-electron chi connectivity index (χ1n) is 6.29. The van der Waals surface area contributed by atoms with Gasteiger partial charge >= 0.3 is 0 Å². The number of carbonyl (C=O) groups excluding carboxylic acids is 1. The fourth-order valence-corrected chi connectivity index (χ4v) is 2.24. The largest absolute Gasteiger partial charge is 0.355 e. The van der Waals surface area contributed by atoms with Crippen molar-refractivity contribution in [2.75, 3.05) is 13.1 Å². The summed E-state index contributed by atoms with van der Waals surface area (Å²) in [4.78, 5) is 11.7. The van der Waals surface area contributed by atoms with Gasteiger partial charge in [0.25, 0.3) is 0 Å². The zero-order valence-electron chi connectivity index (χ0n) is 10.0. The molecule has 3 heteroatoms. The van der Waals surface area contributed by atoms with E-state index >= 15 is 0 Å². The smallest absolute Gasteiger partial charge is 0.237 e. The number of piperidine rings is 1. The van der Waals surface area contributed by atoms with Gasteiger partial charge in [0.15, 0.2) is 0 Å². The standard InChI is InChI=1S/C12H24N2O/c1-3-5-10-6-8-13-11(9-10)12(15)14-7-4-2/h10-11,13H,3-9H2,1-2H3,(H,14,15). The van der Waals surface area contributed by atoms with Crippen molar-refractivity contribution in [1.29, 1.82) is 0 Å². The van der Waals surface area contributed by atoms with Crippen LogP contribution in [0.15, 0.2) is 0 Å². The summed E-state index contributed by atoms with van der Waals surface area (Å²) in [5, 5.41) is 6.27. The fourth-order valence-electron chi connectivity index (χ4n) is 2.24. The topological polar surface area (TPSA) is 41.1 Å². The Balaban J connectivity index is 2.31. The molecule has 0 aromatic rings. The molecule has 0 bridgehead atoms. The molecular formula is C12H24N2O. The van der Waals surface area contributed by atoms with Crippen LogP contribution in [0.1, 0.15) is 46.0 Å². The molecule has 1 saturated heterocycles. The molecule has 0 aliphatic carbocycles. The average molecular weight is 212 g/mol. The second-order valence-electron chi connectivity index (χ2n) is 4.48. The minimum Gasteiger partial charge on any atom is -0.355 e. The molecule has 2 atom stereocenters. The van der Waals surface area contributed by atoms with E-state index in [1.54, 1.807) is 0 Å². The highest BCUT2D eigenvalue weighted by atomic mass is 16.2. The van der Waals surface area contributed by atoms with Gasteiger partial charge in [-0.3, -0.25) is 4.79 Å².